The van der Waals surface area contributed by atoms with Gasteiger partial charge in [0.1, 0.15) is 6.04 Å². The molecule has 0 radical (unpaired) electrons. The number of likely N-dealkylation sites (N-methyl/N-ethyl adjacent to an activating group) is 1. The van der Waals surface area contributed by atoms with Crippen LogP contribution in [0.2, 0.25) is 0 Å². The highest BCUT2D eigenvalue weighted by Gasteiger charge is 2.38. The number of carbonyl (C=O) groups excluding carboxylic acids is 3. The van der Waals surface area contributed by atoms with Gasteiger partial charge in [0.2, 0.25) is 17.7 Å². The second-order valence-electron chi connectivity index (χ2n) is 10.1. The molecule has 0 aromatic heterocycles. The van der Waals surface area contributed by atoms with Gasteiger partial charge in [0.25, 0.3) is 0 Å². The molecular weight excluding hydrogens is 428 g/mol. The number of fused-ring (bicyclic) bond motifs is 1. The minimum atomic E-state index is -0.573. The summed E-state index contributed by atoms with van der Waals surface area (Å²) in [6, 6.07) is 7.55. The van der Waals surface area contributed by atoms with E-state index in [4.69, 9.17) is 0 Å². The molecular formula is C27H42N4O3. The number of carbonyl (C=O) groups is 3. The van der Waals surface area contributed by atoms with Gasteiger partial charge < -0.3 is 20.4 Å². The van der Waals surface area contributed by atoms with E-state index in [2.05, 4.69) is 28.8 Å². The van der Waals surface area contributed by atoms with E-state index in [0.717, 1.165) is 32.1 Å². The predicted molar refractivity (Wildman–Crippen MR) is 134 cm³/mol. The average Bonchev–Trinajstić information content (AvgIpc) is 3.29. The number of nitrogens with one attached hydrogen (secondary N) is 2. The minimum Gasteiger partial charge on any atom is -0.343 e. The van der Waals surface area contributed by atoms with E-state index in [1.54, 1.807) is 14.0 Å². The molecule has 0 bridgehead atoms. The Morgan fingerprint density at radius 1 is 1.15 bits per heavy atom. The standard InChI is InChI=1S/C27H42N4O3/c1-6-23(28-5)26(33)29-25(18(2)3)27(34)30-16-10-13-21(30)17-31(19(4)32)24-15-9-12-20-11-7-8-14-22(20)24/h7-8,11,14,18,21,23-25,28H,6,9-10,12-13,15-17H2,1-5H3,(H,29,33)/t21-,23-,24+,25-/m0/s1. The van der Waals surface area contributed by atoms with E-state index >= 15 is 0 Å². The summed E-state index contributed by atoms with van der Waals surface area (Å²) >= 11 is 0. The van der Waals surface area contributed by atoms with Gasteiger partial charge in [0, 0.05) is 26.1 Å². The molecule has 1 heterocycles. The highest BCUT2D eigenvalue weighted by atomic mass is 16.2. The molecule has 1 aromatic carbocycles. The number of nitrogens with zero attached hydrogens (tertiary/aromatic N) is 2. The zero-order valence-electron chi connectivity index (χ0n) is 21.5. The Kier molecular flexibility index (Phi) is 9.11. The molecule has 1 aliphatic heterocycles. The van der Waals surface area contributed by atoms with Crippen LogP contribution < -0.4 is 10.6 Å². The Hall–Kier alpha value is -2.41. The van der Waals surface area contributed by atoms with E-state index in [0.29, 0.717) is 19.5 Å². The quantitative estimate of drug-likeness (QED) is 0.581. The number of likely N-dealkylation sites (tertiary alicyclic amines) is 1. The molecule has 3 amide bonds. The van der Waals surface area contributed by atoms with Gasteiger partial charge >= 0.3 is 0 Å². The third kappa shape index (κ3) is 5.80. The highest BCUT2D eigenvalue weighted by molar-refractivity contribution is 5.90. The van der Waals surface area contributed by atoms with Crippen molar-refractivity contribution in [2.75, 3.05) is 20.1 Å². The zero-order valence-corrected chi connectivity index (χ0v) is 21.5. The van der Waals surface area contributed by atoms with E-state index in [-0.39, 0.29) is 41.8 Å². The zero-order chi connectivity index (χ0) is 24.8. The van der Waals surface area contributed by atoms with Crippen LogP contribution in [0.5, 0.6) is 0 Å². The maximum absolute atomic E-state index is 13.6. The Balaban J connectivity index is 1.77. The molecule has 1 aliphatic carbocycles. The number of hydrogen-bond donors (Lipinski definition) is 2. The molecule has 0 unspecified atom stereocenters. The van der Waals surface area contributed by atoms with Gasteiger partial charge in [-0.05, 0) is 62.6 Å². The van der Waals surface area contributed by atoms with Gasteiger partial charge in [-0.15, -0.1) is 0 Å². The lowest BCUT2D eigenvalue weighted by Gasteiger charge is -2.39. The van der Waals surface area contributed by atoms with Crippen LogP contribution in [-0.4, -0.2) is 65.8 Å². The van der Waals surface area contributed by atoms with Gasteiger partial charge in [-0.3, -0.25) is 14.4 Å². The lowest BCUT2D eigenvalue weighted by Crippen LogP contribution is -2.57. The van der Waals surface area contributed by atoms with Gasteiger partial charge in [-0.2, -0.15) is 0 Å². The van der Waals surface area contributed by atoms with Crippen molar-refractivity contribution in [1.82, 2.24) is 20.4 Å². The lowest BCUT2D eigenvalue weighted by atomic mass is 9.86. The van der Waals surface area contributed by atoms with Crippen LogP contribution in [0.15, 0.2) is 24.3 Å². The second-order valence-corrected chi connectivity index (χ2v) is 10.1. The van der Waals surface area contributed by atoms with E-state index < -0.39 is 6.04 Å². The minimum absolute atomic E-state index is 0.0267. The van der Waals surface area contributed by atoms with E-state index in [1.807, 2.05) is 36.6 Å². The fourth-order valence-electron chi connectivity index (χ4n) is 5.54. The number of hydrogen-bond acceptors (Lipinski definition) is 4. The molecule has 4 atom stereocenters. The summed E-state index contributed by atoms with van der Waals surface area (Å²) in [5, 5.41) is 6.01. The maximum Gasteiger partial charge on any atom is 0.245 e. The van der Waals surface area contributed by atoms with Gasteiger partial charge in [0.05, 0.1) is 12.1 Å². The largest absolute Gasteiger partial charge is 0.343 e. The number of benzene rings is 1. The first kappa shape index (κ1) is 26.2. The first-order valence-corrected chi connectivity index (χ1v) is 12.9. The Morgan fingerprint density at radius 2 is 1.88 bits per heavy atom. The van der Waals surface area contributed by atoms with Gasteiger partial charge in [-0.1, -0.05) is 45.0 Å². The van der Waals surface area contributed by atoms with Crippen LogP contribution in [-0.2, 0) is 20.8 Å². The van der Waals surface area contributed by atoms with Crippen molar-refractivity contribution in [2.24, 2.45) is 5.92 Å². The molecule has 1 aromatic rings. The predicted octanol–water partition coefficient (Wildman–Crippen LogP) is 3.04. The molecule has 0 saturated carbocycles. The second kappa shape index (κ2) is 11.8. The van der Waals surface area contributed by atoms with Crippen molar-refractivity contribution in [3.05, 3.63) is 35.4 Å². The van der Waals surface area contributed by atoms with Crippen molar-refractivity contribution in [3.8, 4) is 0 Å². The third-order valence-corrected chi connectivity index (χ3v) is 7.49. The van der Waals surface area contributed by atoms with Crippen molar-refractivity contribution in [2.45, 2.75) is 90.4 Å². The summed E-state index contributed by atoms with van der Waals surface area (Å²) in [6.45, 7) is 8.72. The molecule has 3 rings (SSSR count). The normalized spacial score (nSPS) is 21.6. The topological polar surface area (TPSA) is 81.8 Å². The van der Waals surface area contributed by atoms with E-state index in [1.165, 1.54) is 11.1 Å². The first-order chi connectivity index (χ1) is 16.3. The number of rotatable bonds is 9. The van der Waals surface area contributed by atoms with Crippen LogP contribution >= 0.6 is 0 Å². The summed E-state index contributed by atoms with van der Waals surface area (Å²) in [5.41, 5.74) is 2.56. The highest BCUT2D eigenvalue weighted by Crippen LogP contribution is 2.35. The molecule has 2 N–H and O–H groups in total. The lowest BCUT2D eigenvalue weighted by molar-refractivity contribution is -0.141. The molecule has 7 heteroatoms. The van der Waals surface area contributed by atoms with Crippen LogP contribution in [0.1, 0.15) is 77.0 Å². The molecule has 0 spiro atoms. The van der Waals surface area contributed by atoms with Gasteiger partial charge in [0.15, 0.2) is 0 Å². The Morgan fingerprint density at radius 3 is 2.53 bits per heavy atom. The van der Waals surface area contributed by atoms with Crippen LogP contribution in [0.3, 0.4) is 0 Å². The molecule has 34 heavy (non-hydrogen) atoms. The molecule has 188 valence electrons. The Bertz CT molecular complexity index is 867. The molecule has 1 fully saturated rings. The number of aryl methyl sites for hydroxylation is 1. The fraction of sp³-hybridized carbons (Fsp3) is 0.667. The average molecular weight is 471 g/mol. The third-order valence-electron chi connectivity index (χ3n) is 7.49. The van der Waals surface area contributed by atoms with E-state index in [9.17, 15) is 14.4 Å². The summed E-state index contributed by atoms with van der Waals surface area (Å²) in [6.07, 6.45) is 5.50. The van der Waals surface area contributed by atoms with Crippen molar-refractivity contribution in [1.29, 1.82) is 0 Å². The van der Waals surface area contributed by atoms with Crippen molar-refractivity contribution >= 4 is 17.7 Å². The number of amides is 3. The molecule has 7 nitrogen and oxygen atoms in total. The molecule has 1 saturated heterocycles. The summed E-state index contributed by atoms with van der Waals surface area (Å²) in [4.78, 5) is 43.1. The summed E-state index contributed by atoms with van der Waals surface area (Å²) < 4.78 is 0. The van der Waals surface area contributed by atoms with Gasteiger partial charge in [-0.25, -0.2) is 0 Å². The summed E-state index contributed by atoms with van der Waals surface area (Å²) in [7, 11) is 1.76. The van der Waals surface area contributed by atoms with Crippen LogP contribution in [0, 0.1) is 5.92 Å². The van der Waals surface area contributed by atoms with Crippen LogP contribution in [0.25, 0.3) is 0 Å². The monoisotopic (exact) mass is 470 g/mol. The maximum atomic E-state index is 13.6. The smallest absolute Gasteiger partial charge is 0.245 e. The van der Waals surface area contributed by atoms with Crippen LogP contribution in [0.4, 0.5) is 0 Å². The summed E-state index contributed by atoms with van der Waals surface area (Å²) in [5.74, 6) is -0.156. The molecule has 2 aliphatic rings. The first-order valence-electron chi connectivity index (χ1n) is 12.9. The fourth-order valence-corrected chi connectivity index (χ4v) is 5.54. The van der Waals surface area contributed by atoms with Crippen molar-refractivity contribution in [3.63, 3.8) is 0 Å². The van der Waals surface area contributed by atoms with Crippen molar-refractivity contribution < 1.29 is 14.4 Å². The Labute approximate surface area is 204 Å². The SMILES string of the molecule is CC[C@H](NC)C(=O)N[C@H](C(=O)N1CCC[C@H]1CN(C(C)=O)[C@@H]1CCCc2ccccc21)C(C)C.